The molecule has 1 saturated heterocycles. The van der Waals surface area contributed by atoms with Crippen LogP contribution in [0.1, 0.15) is 52.9 Å². The maximum Gasteiger partial charge on any atom is 0.244 e. The van der Waals surface area contributed by atoms with Crippen LogP contribution in [-0.4, -0.2) is 40.1 Å². The Bertz CT molecular complexity index is 302. The minimum absolute atomic E-state index is 0.203. The predicted octanol–water partition coefficient (Wildman–Crippen LogP) is 2.61. The zero-order valence-corrected chi connectivity index (χ0v) is 12.7. The fraction of sp³-hybridized carbons (Fsp3) is 0.929. The number of carbonyl (C=O) groups excluding carboxylic acids is 1. The first-order chi connectivity index (χ1) is 8.64. The number of amides is 1. The van der Waals surface area contributed by atoms with Gasteiger partial charge in [0.15, 0.2) is 0 Å². The van der Waals surface area contributed by atoms with Crippen molar-refractivity contribution in [3.05, 3.63) is 0 Å². The number of carbonyl (C=O) groups is 1. The summed E-state index contributed by atoms with van der Waals surface area (Å²) in [4.78, 5) is 14.9. The van der Waals surface area contributed by atoms with Gasteiger partial charge in [0.2, 0.25) is 5.91 Å². The van der Waals surface area contributed by atoms with Crippen molar-refractivity contribution >= 4 is 17.7 Å². The van der Waals surface area contributed by atoms with E-state index in [0.29, 0.717) is 11.9 Å². The normalized spacial score (nSPS) is 28.3. The third-order valence-electron chi connectivity index (χ3n) is 4.30. The number of hydrogen-bond donors (Lipinski definition) is 1. The van der Waals surface area contributed by atoms with E-state index in [2.05, 4.69) is 31.0 Å². The van der Waals surface area contributed by atoms with Crippen LogP contribution in [0.4, 0.5) is 0 Å². The smallest absolute Gasteiger partial charge is 0.244 e. The number of rotatable bonds is 5. The van der Waals surface area contributed by atoms with Crippen LogP contribution in [-0.2, 0) is 4.79 Å². The van der Waals surface area contributed by atoms with Crippen LogP contribution in [0, 0.1) is 0 Å². The van der Waals surface area contributed by atoms with Crippen LogP contribution in [0.15, 0.2) is 0 Å². The third-order valence-corrected chi connectivity index (χ3v) is 5.43. The summed E-state index contributed by atoms with van der Waals surface area (Å²) in [6.45, 7) is 6.54. The molecule has 0 aromatic heterocycles. The summed E-state index contributed by atoms with van der Waals surface area (Å²) in [6.07, 6.45) is 5.72. The molecule has 1 aliphatic heterocycles. The molecule has 2 atom stereocenters. The molecule has 1 amide bonds. The average molecular weight is 270 g/mol. The quantitative estimate of drug-likeness (QED) is 0.833. The monoisotopic (exact) mass is 270 g/mol. The van der Waals surface area contributed by atoms with Crippen molar-refractivity contribution in [3.8, 4) is 0 Å². The molecular formula is C14H26N2OS. The topological polar surface area (TPSA) is 32.3 Å². The summed E-state index contributed by atoms with van der Waals surface area (Å²) in [5.74, 6) is 2.55. The molecule has 0 aromatic rings. The van der Waals surface area contributed by atoms with Gasteiger partial charge in [0.05, 0.1) is 11.7 Å². The molecule has 2 rings (SSSR count). The van der Waals surface area contributed by atoms with E-state index in [9.17, 15) is 4.79 Å². The Kier molecular flexibility index (Phi) is 4.59. The van der Waals surface area contributed by atoms with Gasteiger partial charge < -0.3 is 4.90 Å². The second-order valence-corrected chi connectivity index (χ2v) is 6.90. The fourth-order valence-corrected chi connectivity index (χ4v) is 4.09. The first-order valence-corrected chi connectivity index (χ1v) is 8.48. The Hall–Kier alpha value is -0.220. The van der Waals surface area contributed by atoms with E-state index in [-0.39, 0.29) is 11.7 Å². The highest BCUT2D eigenvalue weighted by molar-refractivity contribution is 7.99. The average Bonchev–Trinajstić information content (AvgIpc) is 2.94. The fourth-order valence-electron chi connectivity index (χ4n) is 3.35. The molecule has 0 radical (unpaired) electrons. The number of hydrogen-bond acceptors (Lipinski definition) is 3. The second-order valence-electron chi connectivity index (χ2n) is 5.58. The summed E-state index contributed by atoms with van der Waals surface area (Å²) in [7, 11) is 0. The maximum atomic E-state index is 12.8. The molecule has 2 fully saturated rings. The molecule has 18 heavy (non-hydrogen) atoms. The van der Waals surface area contributed by atoms with Gasteiger partial charge in [-0.15, -0.1) is 0 Å². The molecule has 1 heterocycles. The zero-order chi connectivity index (χ0) is 13.2. The summed E-state index contributed by atoms with van der Waals surface area (Å²) >= 11 is 1.93. The van der Waals surface area contributed by atoms with Gasteiger partial charge in [-0.05, 0) is 31.9 Å². The van der Waals surface area contributed by atoms with Crippen LogP contribution in [0.2, 0.25) is 0 Å². The molecule has 1 spiro atoms. The van der Waals surface area contributed by atoms with Crippen molar-refractivity contribution in [2.75, 3.05) is 11.5 Å². The maximum absolute atomic E-state index is 12.8. The van der Waals surface area contributed by atoms with Gasteiger partial charge >= 0.3 is 0 Å². The Morgan fingerprint density at radius 3 is 2.67 bits per heavy atom. The minimum atomic E-state index is -0.203. The van der Waals surface area contributed by atoms with Crippen molar-refractivity contribution in [2.45, 2.75) is 70.6 Å². The van der Waals surface area contributed by atoms with Gasteiger partial charge in [-0.1, -0.05) is 26.7 Å². The molecule has 2 aliphatic rings. The van der Waals surface area contributed by atoms with E-state index >= 15 is 0 Å². The lowest BCUT2D eigenvalue weighted by Gasteiger charge is -2.29. The van der Waals surface area contributed by atoms with Crippen molar-refractivity contribution in [1.29, 1.82) is 0 Å². The van der Waals surface area contributed by atoms with E-state index < -0.39 is 0 Å². The van der Waals surface area contributed by atoms with Crippen molar-refractivity contribution in [2.24, 2.45) is 0 Å². The van der Waals surface area contributed by atoms with Crippen LogP contribution in [0.5, 0.6) is 0 Å². The zero-order valence-electron chi connectivity index (χ0n) is 11.9. The van der Waals surface area contributed by atoms with E-state index in [0.717, 1.165) is 30.8 Å². The SMILES string of the molecule is CCSCC(C)N1C(=O)C2(CCCC2)NC1CC. The van der Waals surface area contributed by atoms with Gasteiger partial charge in [0.1, 0.15) is 0 Å². The molecule has 1 aliphatic carbocycles. The molecule has 4 heteroatoms. The highest BCUT2D eigenvalue weighted by Gasteiger charge is 2.52. The summed E-state index contributed by atoms with van der Waals surface area (Å²) < 4.78 is 0. The van der Waals surface area contributed by atoms with Gasteiger partial charge in [-0.2, -0.15) is 11.8 Å². The van der Waals surface area contributed by atoms with Crippen molar-refractivity contribution < 1.29 is 4.79 Å². The van der Waals surface area contributed by atoms with Crippen LogP contribution in [0.25, 0.3) is 0 Å². The van der Waals surface area contributed by atoms with Gasteiger partial charge in [0, 0.05) is 11.8 Å². The molecule has 0 aromatic carbocycles. The number of thioether (sulfide) groups is 1. The Morgan fingerprint density at radius 2 is 2.11 bits per heavy atom. The van der Waals surface area contributed by atoms with E-state index in [1.807, 2.05) is 11.8 Å². The van der Waals surface area contributed by atoms with Crippen LogP contribution < -0.4 is 5.32 Å². The molecular weight excluding hydrogens is 244 g/mol. The molecule has 2 unspecified atom stereocenters. The number of nitrogens with zero attached hydrogens (tertiary/aromatic N) is 1. The molecule has 104 valence electrons. The Morgan fingerprint density at radius 1 is 1.44 bits per heavy atom. The first kappa shape index (κ1) is 14.2. The molecule has 1 saturated carbocycles. The second kappa shape index (κ2) is 5.83. The van der Waals surface area contributed by atoms with E-state index in [1.54, 1.807) is 0 Å². The summed E-state index contributed by atoms with van der Waals surface area (Å²) in [5.41, 5.74) is -0.203. The van der Waals surface area contributed by atoms with E-state index in [1.165, 1.54) is 12.8 Å². The lowest BCUT2D eigenvalue weighted by Crippen LogP contribution is -2.45. The van der Waals surface area contributed by atoms with Crippen molar-refractivity contribution in [3.63, 3.8) is 0 Å². The highest BCUT2D eigenvalue weighted by Crippen LogP contribution is 2.38. The highest BCUT2D eigenvalue weighted by atomic mass is 32.2. The summed E-state index contributed by atoms with van der Waals surface area (Å²) in [5, 5.41) is 3.64. The molecule has 0 bridgehead atoms. The van der Waals surface area contributed by atoms with Crippen LogP contribution >= 0.6 is 11.8 Å². The van der Waals surface area contributed by atoms with Crippen molar-refractivity contribution in [1.82, 2.24) is 10.2 Å². The van der Waals surface area contributed by atoms with E-state index in [4.69, 9.17) is 0 Å². The Labute approximate surface area is 115 Å². The Balaban J connectivity index is 2.10. The summed E-state index contributed by atoms with van der Waals surface area (Å²) in [6, 6.07) is 0.347. The molecule has 1 N–H and O–H groups in total. The van der Waals surface area contributed by atoms with Gasteiger partial charge in [0.25, 0.3) is 0 Å². The van der Waals surface area contributed by atoms with Crippen LogP contribution in [0.3, 0.4) is 0 Å². The predicted molar refractivity (Wildman–Crippen MR) is 77.7 cm³/mol. The number of nitrogens with one attached hydrogen (secondary N) is 1. The molecule has 3 nitrogen and oxygen atoms in total. The lowest BCUT2D eigenvalue weighted by atomic mass is 9.98. The largest absolute Gasteiger partial charge is 0.322 e. The first-order valence-electron chi connectivity index (χ1n) is 7.33. The van der Waals surface area contributed by atoms with Gasteiger partial charge in [-0.3, -0.25) is 10.1 Å². The third kappa shape index (κ3) is 2.42. The van der Waals surface area contributed by atoms with Gasteiger partial charge in [-0.25, -0.2) is 0 Å². The standard InChI is InChI=1S/C14H26N2OS/c1-4-12-15-14(8-6-7-9-14)13(17)16(12)11(3)10-18-5-2/h11-12,15H,4-10H2,1-3H3. The lowest BCUT2D eigenvalue weighted by molar-refractivity contribution is -0.134. The minimum Gasteiger partial charge on any atom is -0.322 e.